The summed E-state index contributed by atoms with van der Waals surface area (Å²) in [5, 5.41) is 29.2. The number of nitrogens with one attached hydrogen (secondary N) is 3. The topological polar surface area (TPSA) is 433 Å². The number of hydrogen-bond donors (Lipinski definition) is 12. The molecule has 0 spiro atoms. The Hall–Kier alpha value is -4.65. The van der Waals surface area contributed by atoms with E-state index in [0.717, 1.165) is 10.8 Å². The number of phosphoric ester groups is 2. The molecule has 5 rings (SSSR count). The van der Waals surface area contributed by atoms with Crippen LogP contribution in [0.5, 0.6) is 0 Å². The number of ether oxygens (including phenoxy) is 4. The van der Waals surface area contributed by atoms with Gasteiger partial charge in [-0.25, -0.2) is 23.9 Å². The summed E-state index contributed by atoms with van der Waals surface area (Å²) in [5.41, 5.74) is 12.4. The van der Waals surface area contributed by atoms with Gasteiger partial charge in [0.15, 0.2) is 6.23 Å². The van der Waals surface area contributed by atoms with Gasteiger partial charge in [0, 0.05) is 62.7 Å². The molecule has 13 N–H and O–H groups in total. The largest absolute Gasteiger partial charge is 0.469 e. The molecule has 3 amide bonds. The number of esters is 1. The first-order valence-corrected chi connectivity index (χ1v) is 29.2. The molecule has 2 aliphatic rings. The fourth-order valence-corrected chi connectivity index (χ4v) is 11.0. The monoisotopic (exact) mass is 1170 g/mol. The molecule has 3 aromatic heterocycles. The Morgan fingerprint density at radius 1 is 0.974 bits per heavy atom. The molecule has 5 heterocycles. The Morgan fingerprint density at radius 2 is 1.74 bits per heavy atom. The average Bonchev–Trinajstić information content (AvgIpc) is 4.01. The number of thiol groups is 1. The van der Waals surface area contributed by atoms with E-state index >= 15 is 0 Å². The molecule has 2 saturated heterocycles. The second-order valence-corrected chi connectivity index (χ2v) is 22.3. The van der Waals surface area contributed by atoms with Crippen molar-refractivity contribution in [1.29, 1.82) is 0 Å². The van der Waals surface area contributed by atoms with E-state index in [0.29, 0.717) is 53.7 Å². The number of fused-ring (bicyclic) bond motifs is 1. The number of aliphatic hydroxyl groups excluding tert-OH is 2. The zero-order valence-corrected chi connectivity index (χ0v) is 45.0. The summed E-state index contributed by atoms with van der Waals surface area (Å²) in [4.78, 5) is 111. The van der Waals surface area contributed by atoms with Gasteiger partial charge in [-0.15, -0.1) is 0 Å². The zero-order valence-electron chi connectivity index (χ0n) is 40.7. The summed E-state index contributed by atoms with van der Waals surface area (Å²) >= 11 is 3.75. The average molecular weight is 1170 g/mol. The van der Waals surface area contributed by atoms with Gasteiger partial charge in [0.25, 0.3) is 5.24 Å². The number of rotatable bonds is 29. The van der Waals surface area contributed by atoms with Gasteiger partial charge in [0.1, 0.15) is 66.4 Å². The first kappa shape index (κ1) is 62.2. The van der Waals surface area contributed by atoms with Crippen LogP contribution in [0.2, 0.25) is 0 Å². The van der Waals surface area contributed by atoms with E-state index in [2.05, 4.69) is 71.0 Å². The Bertz CT molecular complexity index is 2750. The van der Waals surface area contributed by atoms with Gasteiger partial charge in [0.2, 0.25) is 11.8 Å². The maximum Gasteiger partial charge on any atom is 0.469 e. The summed E-state index contributed by atoms with van der Waals surface area (Å²) in [7, 11) is -5.92. The van der Waals surface area contributed by atoms with Gasteiger partial charge >= 0.3 is 27.3 Å². The van der Waals surface area contributed by atoms with Crippen LogP contribution in [-0.2, 0) is 51.5 Å². The predicted octanol–water partition coefficient (Wildman–Crippen LogP) is 0.253. The molecule has 8 unspecified atom stereocenters. The Balaban J connectivity index is 0.955. The van der Waals surface area contributed by atoms with Crippen molar-refractivity contribution in [3.63, 3.8) is 0 Å². The number of methoxy groups -OCH3 is 1. The maximum absolute atomic E-state index is 12.9. The Labute approximate surface area is 447 Å². The second-order valence-electron chi connectivity index (χ2n) is 16.9. The fourth-order valence-electron chi connectivity index (χ4n) is 7.65. The molecule has 2 fully saturated rings. The molecule has 34 heteroatoms. The van der Waals surface area contributed by atoms with Crippen molar-refractivity contribution >= 4 is 101 Å². The first-order valence-electron chi connectivity index (χ1n) is 23.2. The highest BCUT2D eigenvalue weighted by atomic mass is 33.1. The van der Waals surface area contributed by atoms with Crippen molar-refractivity contribution < 1.29 is 86.1 Å². The summed E-state index contributed by atoms with van der Waals surface area (Å²) in [6.45, 7) is 3.51. The molecular formula is C42H60N10O19P2S3. The molecule has 420 valence electrons. The minimum atomic E-state index is -5.10. The lowest BCUT2D eigenvalue weighted by Crippen LogP contribution is -2.47. The normalized spacial score (nSPS) is 20.9. The van der Waals surface area contributed by atoms with Gasteiger partial charge in [-0.3, -0.25) is 37.4 Å². The summed E-state index contributed by atoms with van der Waals surface area (Å²) in [6, 6.07) is 0.807. The van der Waals surface area contributed by atoms with E-state index in [1.165, 1.54) is 35.0 Å². The number of hydrogen-bond acceptors (Lipinski definition) is 22. The van der Waals surface area contributed by atoms with Crippen molar-refractivity contribution in [2.45, 2.75) is 100 Å². The minimum Gasteiger partial charge on any atom is -0.465 e. The molecule has 3 aromatic rings. The highest BCUT2D eigenvalue weighted by Crippen LogP contribution is 2.45. The highest BCUT2D eigenvalue weighted by molar-refractivity contribution is 8.76. The number of unbranched alkanes of at least 4 members (excludes halogenated alkanes) is 2. The molecule has 0 aliphatic carbocycles. The van der Waals surface area contributed by atoms with Gasteiger partial charge in [-0.1, -0.05) is 59.1 Å². The van der Waals surface area contributed by atoms with E-state index < -0.39 is 94.1 Å². The third-order valence-corrected chi connectivity index (χ3v) is 14.9. The van der Waals surface area contributed by atoms with E-state index in [1.807, 2.05) is 0 Å². The molecule has 8 atom stereocenters. The lowest BCUT2D eigenvalue weighted by atomic mass is 10.1. The number of nitrogen functional groups attached to an aromatic ring is 2. The number of nitrogens with zero attached hydrogens (tertiary/aromatic N) is 5. The highest BCUT2D eigenvalue weighted by Gasteiger charge is 2.45. The number of anilines is 2. The zero-order chi connectivity index (χ0) is 55.7. The predicted molar refractivity (Wildman–Crippen MR) is 278 cm³/mol. The van der Waals surface area contributed by atoms with Crippen LogP contribution in [0, 0.1) is 11.8 Å². The van der Waals surface area contributed by atoms with Crippen LogP contribution in [-0.4, -0.2) is 165 Å². The maximum atomic E-state index is 12.9. The van der Waals surface area contributed by atoms with Crippen molar-refractivity contribution in [3.05, 3.63) is 46.9 Å². The van der Waals surface area contributed by atoms with Crippen LogP contribution >= 0.6 is 49.9 Å². The van der Waals surface area contributed by atoms with Crippen LogP contribution < -0.4 is 33.1 Å². The number of carbonyl (C=O) groups is 4. The smallest absolute Gasteiger partial charge is 0.465 e. The molecular weight excluding hydrogens is 1110 g/mol. The third kappa shape index (κ3) is 19.1. The summed E-state index contributed by atoms with van der Waals surface area (Å²) in [6.07, 6.45) is -3.94. The van der Waals surface area contributed by atoms with E-state index in [1.54, 1.807) is 10.6 Å². The fraction of sp³-hybridized carbons (Fsp3) is 0.571. The molecule has 29 nitrogen and oxygen atoms in total. The standard InChI is InChI=1S/C42H60N10O19P2S3/c1-23(27-16-25-37(44)47-22-48-38(25)52(27)40-35(56)34(55)30(70-40)19-66-2)11-14-67-33(54)10-7-15-75-76-21-26(49-42(59)74)39(57)46-12-5-3-4-9-31(53)45-13-6-8-24-18-51(41(58)50-36(24)43)32-17-28(71-73(63,64)65)29(69-32)20-68-72(60,61)62/h16,18,22,26,28-30,32,34-35,40,55-56H,1,3-5,7,9-15,17,19-21H2,2H3,(H,45,53)(H,46,57)(H2,43,50,58)(H2,44,47,48)(H2,49,59,74)(H2,60,61,62)(H2,63,64,65). The Kier molecular flexibility index (Phi) is 24.0. The van der Waals surface area contributed by atoms with Gasteiger partial charge in [-0.05, 0) is 30.9 Å². The van der Waals surface area contributed by atoms with Crippen LogP contribution in [0.1, 0.15) is 75.1 Å². The van der Waals surface area contributed by atoms with Gasteiger partial charge in [-0.2, -0.15) is 4.98 Å². The Morgan fingerprint density at radius 3 is 2.45 bits per heavy atom. The minimum absolute atomic E-state index is 0.00112. The quantitative estimate of drug-likeness (QED) is 0.0111. The van der Waals surface area contributed by atoms with Crippen LogP contribution in [0.3, 0.4) is 0 Å². The first-order chi connectivity index (χ1) is 36.0. The second kappa shape index (κ2) is 29.4. The lowest BCUT2D eigenvalue weighted by Gasteiger charge is -2.21. The van der Waals surface area contributed by atoms with Crippen molar-refractivity contribution in [2.24, 2.45) is 0 Å². The van der Waals surface area contributed by atoms with Gasteiger partial charge in [0.05, 0.1) is 37.3 Å². The molecule has 0 saturated carbocycles. The van der Waals surface area contributed by atoms with Crippen molar-refractivity contribution in [3.8, 4) is 11.8 Å². The number of amides is 3. The number of aromatic nitrogens is 5. The van der Waals surface area contributed by atoms with Gasteiger partial charge < -0.3 is 76.2 Å². The summed E-state index contributed by atoms with van der Waals surface area (Å²) < 4.78 is 56.4. The molecule has 0 radical (unpaired) electrons. The van der Waals surface area contributed by atoms with E-state index in [9.17, 15) is 53.1 Å². The SMILES string of the molecule is C=C(CCOC(=O)CCCSSCC(NC(=O)S)C(=O)NCCCCCC(=O)NCC#Cc1cn(C2CC(OP(=O)(O)O)C(COP(=O)(O)O)O2)c(=O)nc1N)c1cc2c(N)ncnc2n1C1OC(COC)C(O)C1O. The third-order valence-electron chi connectivity index (χ3n) is 11.3. The molecule has 0 bridgehead atoms. The van der Waals surface area contributed by atoms with Crippen LogP contribution in [0.4, 0.5) is 16.4 Å². The molecule has 0 aromatic carbocycles. The summed E-state index contributed by atoms with van der Waals surface area (Å²) in [5.74, 6) is 4.84. The molecule has 76 heavy (non-hydrogen) atoms. The van der Waals surface area contributed by atoms with Crippen molar-refractivity contribution in [2.75, 3.05) is 63.0 Å². The van der Waals surface area contributed by atoms with E-state index in [4.69, 9.17) is 40.2 Å². The number of aliphatic hydroxyl groups is 2. The number of nitrogens with two attached hydrogens (primary N) is 2. The van der Waals surface area contributed by atoms with Crippen molar-refractivity contribution in [1.82, 2.24) is 40.0 Å². The number of carbonyl (C=O) groups excluding carboxylic acids is 4. The van der Waals surface area contributed by atoms with E-state index in [-0.39, 0.29) is 80.8 Å². The van der Waals surface area contributed by atoms with Crippen LogP contribution in [0.25, 0.3) is 16.6 Å². The lowest BCUT2D eigenvalue weighted by molar-refractivity contribution is -0.143. The molecule has 2 aliphatic heterocycles. The number of phosphoric acid groups is 2. The van der Waals surface area contributed by atoms with Crippen LogP contribution in [0.15, 0.2) is 30.0 Å².